The molecule has 1 atom stereocenters. The van der Waals surface area contributed by atoms with Crippen molar-refractivity contribution in [2.45, 2.75) is 39.1 Å². The monoisotopic (exact) mass is 521 g/mol. The van der Waals surface area contributed by atoms with Crippen molar-refractivity contribution in [1.82, 2.24) is 19.2 Å². The second kappa shape index (κ2) is 13.0. The number of ether oxygens (including phenoxy) is 1. The van der Waals surface area contributed by atoms with Crippen molar-refractivity contribution in [3.05, 3.63) is 75.9 Å². The number of para-hydroxylation sites is 1. The lowest BCUT2D eigenvalue weighted by atomic mass is 10.2. The minimum atomic E-state index is -0.566. The standard InChI is InChI=1S/C25H32ClN5O3.ClH/c1-2-23-27-31(25(33)30(23)16-17-34-22-10-4-3-5-11-22)13-7-12-28-14-15-29(19-24(28)32)21-9-6-8-20(26)18-21;/h3-6,8-11,18,24,32H,2,7,12-17,19H2,1H3;1H/t24-;/m1./s1. The number of aryl methyl sites for hydroxylation is 2. The number of anilines is 1. The van der Waals surface area contributed by atoms with Gasteiger partial charge in [0.15, 0.2) is 0 Å². The Morgan fingerprint density at radius 3 is 2.60 bits per heavy atom. The van der Waals surface area contributed by atoms with Crippen LogP contribution in [0.1, 0.15) is 19.2 Å². The van der Waals surface area contributed by atoms with Gasteiger partial charge in [0.05, 0.1) is 13.1 Å². The maximum Gasteiger partial charge on any atom is 0.346 e. The van der Waals surface area contributed by atoms with Gasteiger partial charge in [0.2, 0.25) is 0 Å². The average molecular weight is 522 g/mol. The summed E-state index contributed by atoms with van der Waals surface area (Å²) in [6.07, 6.45) is 0.843. The number of aliphatic hydroxyl groups is 1. The van der Waals surface area contributed by atoms with Crippen molar-refractivity contribution in [2.24, 2.45) is 0 Å². The summed E-state index contributed by atoms with van der Waals surface area (Å²) in [6, 6.07) is 17.3. The van der Waals surface area contributed by atoms with Crippen LogP contribution in [0.3, 0.4) is 0 Å². The molecule has 0 unspecified atom stereocenters. The molecule has 0 spiro atoms. The lowest BCUT2D eigenvalue weighted by Gasteiger charge is -2.40. The molecule has 1 saturated heterocycles. The van der Waals surface area contributed by atoms with Gasteiger partial charge in [-0.1, -0.05) is 42.8 Å². The topological polar surface area (TPSA) is 75.8 Å². The minimum absolute atomic E-state index is 0. The first-order valence-electron chi connectivity index (χ1n) is 11.8. The Kier molecular flexibility index (Phi) is 10.0. The summed E-state index contributed by atoms with van der Waals surface area (Å²) in [5.41, 5.74) is 0.909. The van der Waals surface area contributed by atoms with Crippen LogP contribution < -0.4 is 15.3 Å². The van der Waals surface area contributed by atoms with Gasteiger partial charge < -0.3 is 14.7 Å². The zero-order chi connectivity index (χ0) is 23.9. The number of piperazine rings is 1. The molecular formula is C25H33Cl2N5O3. The van der Waals surface area contributed by atoms with Gasteiger partial charge in [0.25, 0.3) is 0 Å². The first kappa shape index (κ1) is 27.1. The van der Waals surface area contributed by atoms with E-state index in [0.717, 1.165) is 36.8 Å². The van der Waals surface area contributed by atoms with Gasteiger partial charge >= 0.3 is 5.69 Å². The summed E-state index contributed by atoms with van der Waals surface area (Å²) in [6.45, 7) is 6.16. The molecule has 2 heterocycles. The third kappa shape index (κ3) is 7.01. The fourth-order valence-electron chi connectivity index (χ4n) is 4.28. The highest BCUT2D eigenvalue weighted by Crippen LogP contribution is 2.22. The average Bonchev–Trinajstić information content (AvgIpc) is 3.15. The van der Waals surface area contributed by atoms with Gasteiger partial charge in [0.1, 0.15) is 24.4 Å². The first-order chi connectivity index (χ1) is 16.5. The van der Waals surface area contributed by atoms with Gasteiger partial charge in [-0.3, -0.25) is 9.47 Å². The number of aromatic nitrogens is 3. The Balaban J connectivity index is 0.00000342. The van der Waals surface area contributed by atoms with Gasteiger partial charge in [-0.05, 0) is 36.8 Å². The zero-order valence-electron chi connectivity index (χ0n) is 19.9. The van der Waals surface area contributed by atoms with E-state index in [1.54, 1.807) is 4.57 Å². The largest absolute Gasteiger partial charge is 0.492 e. The summed E-state index contributed by atoms with van der Waals surface area (Å²) in [7, 11) is 0. The van der Waals surface area contributed by atoms with Crippen molar-refractivity contribution in [3.8, 4) is 5.75 Å². The van der Waals surface area contributed by atoms with Crippen molar-refractivity contribution in [3.63, 3.8) is 0 Å². The smallest absolute Gasteiger partial charge is 0.346 e. The van der Waals surface area contributed by atoms with Crippen LogP contribution in [0.25, 0.3) is 0 Å². The van der Waals surface area contributed by atoms with Gasteiger partial charge in [0, 0.05) is 43.3 Å². The third-order valence-electron chi connectivity index (χ3n) is 6.09. The molecule has 0 aliphatic carbocycles. The number of hydrogen-bond acceptors (Lipinski definition) is 6. The van der Waals surface area contributed by atoms with Crippen molar-refractivity contribution in [1.29, 1.82) is 0 Å². The number of rotatable bonds is 10. The molecule has 1 fully saturated rings. The maximum atomic E-state index is 12.9. The van der Waals surface area contributed by atoms with Crippen LogP contribution in [-0.2, 0) is 19.5 Å². The number of halogens is 2. The molecule has 2 aromatic carbocycles. The van der Waals surface area contributed by atoms with Crippen LogP contribution in [0.2, 0.25) is 5.02 Å². The predicted molar refractivity (Wildman–Crippen MR) is 141 cm³/mol. The van der Waals surface area contributed by atoms with E-state index in [2.05, 4.69) is 14.9 Å². The van der Waals surface area contributed by atoms with E-state index in [4.69, 9.17) is 16.3 Å². The lowest BCUT2D eigenvalue weighted by Crippen LogP contribution is -2.53. The normalized spacial score (nSPS) is 16.2. The number of hydrogen-bond donors (Lipinski definition) is 1. The van der Waals surface area contributed by atoms with E-state index < -0.39 is 6.23 Å². The van der Waals surface area contributed by atoms with Crippen molar-refractivity contribution >= 4 is 29.7 Å². The molecule has 8 nitrogen and oxygen atoms in total. The lowest BCUT2D eigenvalue weighted by molar-refractivity contribution is -0.00474. The Hall–Kier alpha value is -2.52. The molecule has 0 bridgehead atoms. The van der Waals surface area contributed by atoms with E-state index in [1.807, 2.05) is 61.5 Å². The van der Waals surface area contributed by atoms with Crippen LogP contribution in [-0.4, -0.2) is 63.4 Å². The summed E-state index contributed by atoms with van der Waals surface area (Å²) >= 11 is 6.11. The van der Waals surface area contributed by atoms with Crippen molar-refractivity contribution < 1.29 is 9.84 Å². The van der Waals surface area contributed by atoms with Crippen LogP contribution in [0.15, 0.2) is 59.4 Å². The number of β-amino-alcohol motifs (C(OH)–C–C–N with tert-alkyl or cyclic N) is 1. The number of aliphatic hydroxyl groups excluding tert-OH is 1. The highest BCUT2D eigenvalue weighted by atomic mass is 35.5. The summed E-state index contributed by atoms with van der Waals surface area (Å²) < 4.78 is 8.98. The Bertz CT molecular complexity index is 1120. The van der Waals surface area contributed by atoms with Crippen molar-refractivity contribution in [2.75, 3.05) is 37.7 Å². The van der Waals surface area contributed by atoms with E-state index in [1.165, 1.54) is 4.68 Å². The number of nitrogens with zero attached hydrogens (tertiary/aromatic N) is 5. The highest BCUT2D eigenvalue weighted by Gasteiger charge is 2.25. The molecule has 0 radical (unpaired) electrons. The Morgan fingerprint density at radius 2 is 1.89 bits per heavy atom. The SMILES string of the molecule is CCc1nn(CCCN2CCN(c3cccc(Cl)c3)C[C@H]2O)c(=O)n1CCOc1ccccc1.Cl. The molecule has 3 aromatic rings. The van der Waals surface area contributed by atoms with E-state index >= 15 is 0 Å². The van der Waals surface area contributed by atoms with Gasteiger partial charge in [-0.2, -0.15) is 5.10 Å². The fraction of sp³-hybridized carbons (Fsp3) is 0.440. The molecule has 190 valence electrons. The molecule has 1 N–H and O–H groups in total. The Morgan fingerprint density at radius 1 is 1.09 bits per heavy atom. The molecule has 1 aliphatic heterocycles. The summed E-state index contributed by atoms with van der Waals surface area (Å²) in [4.78, 5) is 17.1. The van der Waals surface area contributed by atoms with Crippen LogP contribution in [0.5, 0.6) is 5.75 Å². The maximum absolute atomic E-state index is 12.9. The van der Waals surface area contributed by atoms with E-state index in [-0.39, 0.29) is 18.1 Å². The second-order valence-corrected chi connectivity index (χ2v) is 8.82. The molecule has 1 aromatic heterocycles. The second-order valence-electron chi connectivity index (χ2n) is 8.38. The zero-order valence-corrected chi connectivity index (χ0v) is 21.5. The van der Waals surface area contributed by atoms with Gasteiger partial charge in [-0.15, -0.1) is 12.4 Å². The molecule has 4 rings (SSSR count). The summed E-state index contributed by atoms with van der Waals surface area (Å²) in [5, 5.41) is 15.9. The third-order valence-corrected chi connectivity index (χ3v) is 6.33. The molecule has 10 heteroatoms. The van der Waals surface area contributed by atoms with E-state index in [9.17, 15) is 9.90 Å². The molecular weight excluding hydrogens is 489 g/mol. The Labute approximate surface area is 217 Å². The summed E-state index contributed by atoms with van der Waals surface area (Å²) in [5.74, 6) is 1.55. The van der Waals surface area contributed by atoms with Crippen LogP contribution >= 0.6 is 24.0 Å². The van der Waals surface area contributed by atoms with Gasteiger partial charge in [-0.25, -0.2) is 9.48 Å². The van der Waals surface area contributed by atoms with Crippen LogP contribution in [0, 0.1) is 0 Å². The fourth-order valence-corrected chi connectivity index (χ4v) is 4.47. The highest BCUT2D eigenvalue weighted by molar-refractivity contribution is 6.30. The van der Waals surface area contributed by atoms with E-state index in [0.29, 0.717) is 44.2 Å². The molecule has 35 heavy (non-hydrogen) atoms. The molecule has 0 saturated carbocycles. The number of benzene rings is 2. The van der Waals surface area contributed by atoms with Crippen LogP contribution in [0.4, 0.5) is 5.69 Å². The predicted octanol–water partition coefficient (Wildman–Crippen LogP) is 3.29. The molecule has 0 amide bonds. The first-order valence-corrected chi connectivity index (χ1v) is 12.2. The molecule has 1 aliphatic rings. The minimum Gasteiger partial charge on any atom is -0.492 e. The quantitative estimate of drug-likeness (QED) is 0.441.